The van der Waals surface area contributed by atoms with Crippen LogP contribution in [0.4, 0.5) is 8.78 Å². The molecular formula is C7H6F2S. The Morgan fingerprint density at radius 1 is 1.30 bits per heavy atom. The molecule has 0 N–H and O–H groups in total. The Kier molecular flexibility index (Phi) is 2.27. The first kappa shape index (κ1) is 7.54. The fourth-order valence-electron chi connectivity index (χ4n) is 0.634. The van der Waals surface area contributed by atoms with E-state index < -0.39 is 5.82 Å². The van der Waals surface area contributed by atoms with E-state index in [1.54, 1.807) is 6.26 Å². The number of benzene rings is 1. The van der Waals surface area contributed by atoms with Crippen LogP contribution in [-0.2, 0) is 0 Å². The van der Waals surface area contributed by atoms with Gasteiger partial charge in [-0.1, -0.05) is 0 Å². The molecule has 0 amide bonds. The fraction of sp³-hybridized carbons (Fsp3) is 0.143. The van der Waals surface area contributed by atoms with E-state index in [1.807, 2.05) is 0 Å². The zero-order chi connectivity index (χ0) is 7.56. The van der Waals surface area contributed by atoms with Gasteiger partial charge in [0.2, 0.25) is 0 Å². The van der Waals surface area contributed by atoms with Crippen LogP contribution >= 0.6 is 11.8 Å². The van der Waals surface area contributed by atoms with E-state index in [0.717, 1.165) is 12.1 Å². The monoisotopic (exact) mass is 160 g/mol. The van der Waals surface area contributed by atoms with Crippen LogP contribution in [0.3, 0.4) is 0 Å². The topological polar surface area (TPSA) is 0 Å². The quantitative estimate of drug-likeness (QED) is 0.569. The highest BCUT2D eigenvalue weighted by atomic mass is 32.2. The van der Waals surface area contributed by atoms with Gasteiger partial charge in [0.25, 0.3) is 0 Å². The maximum Gasteiger partial charge on any atom is 0.136 e. The minimum absolute atomic E-state index is 0.347. The van der Waals surface area contributed by atoms with E-state index in [9.17, 15) is 8.78 Å². The predicted molar refractivity (Wildman–Crippen MR) is 38.1 cm³/mol. The highest BCUT2D eigenvalue weighted by Crippen LogP contribution is 2.19. The summed E-state index contributed by atoms with van der Waals surface area (Å²) in [6, 6.07) is 3.41. The highest BCUT2D eigenvalue weighted by Gasteiger charge is 2.00. The minimum Gasteiger partial charge on any atom is -0.207 e. The molecule has 0 radical (unpaired) electrons. The standard InChI is InChI=1S/C7H6F2S/c1-10-7-4-5(8)2-3-6(7)9/h2-4H,1H3. The van der Waals surface area contributed by atoms with E-state index in [-0.39, 0.29) is 5.82 Å². The predicted octanol–water partition coefficient (Wildman–Crippen LogP) is 2.69. The molecule has 0 aliphatic heterocycles. The summed E-state index contributed by atoms with van der Waals surface area (Å²) in [4.78, 5) is 0.347. The molecule has 0 fully saturated rings. The highest BCUT2D eigenvalue weighted by molar-refractivity contribution is 7.98. The molecule has 0 heterocycles. The molecule has 1 aromatic rings. The third kappa shape index (κ3) is 1.48. The zero-order valence-electron chi connectivity index (χ0n) is 5.40. The first-order valence-corrected chi connectivity index (χ1v) is 3.95. The lowest BCUT2D eigenvalue weighted by Crippen LogP contribution is -1.81. The van der Waals surface area contributed by atoms with Crippen molar-refractivity contribution in [2.75, 3.05) is 6.26 Å². The average molecular weight is 160 g/mol. The normalized spacial score (nSPS) is 9.90. The first-order chi connectivity index (χ1) is 4.74. The first-order valence-electron chi connectivity index (χ1n) is 2.73. The molecule has 10 heavy (non-hydrogen) atoms. The maximum absolute atomic E-state index is 12.6. The smallest absolute Gasteiger partial charge is 0.136 e. The van der Waals surface area contributed by atoms with Crippen LogP contribution in [0.5, 0.6) is 0 Å². The second kappa shape index (κ2) is 3.01. The van der Waals surface area contributed by atoms with Gasteiger partial charge in [-0.3, -0.25) is 0 Å². The van der Waals surface area contributed by atoms with Gasteiger partial charge in [-0.15, -0.1) is 11.8 Å². The summed E-state index contributed by atoms with van der Waals surface area (Å²) in [7, 11) is 0. The van der Waals surface area contributed by atoms with Crippen molar-refractivity contribution in [1.29, 1.82) is 0 Å². The van der Waals surface area contributed by atoms with E-state index in [1.165, 1.54) is 17.8 Å². The van der Waals surface area contributed by atoms with Gasteiger partial charge in [0.15, 0.2) is 0 Å². The number of hydrogen-bond acceptors (Lipinski definition) is 1. The van der Waals surface area contributed by atoms with Crippen molar-refractivity contribution >= 4 is 11.8 Å². The molecule has 0 unspecified atom stereocenters. The van der Waals surface area contributed by atoms with Gasteiger partial charge in [-0.05, 0) is 24.5 Å². The van der Waals surface area contributed by atoms with Gasteiger partial charge in [-0.25, -0.2) is 8.78 Å². The van der Waals surface area contributed by atoms with Crippen molar-refractivity contribution in [3.05, 3.63) is 29.8 Å². The van der Waals surface area contributed by atoms with Crippen LogP contribution in [0.2, 0.25) is 0 Å². The lowest BCUT2D eigenvalue weighted by Gasteiger charge is -1.96. The van der Waals surface area contributed by atoms with Gasteiger partial charge >= 0.3 is 0 Å². The van der Waals surface area contributed by atoms with Crippen LogP contribution in [-0.4, -0.2) is 6.26 Å². The molecular weight excluding hydrogens is 154 g/mol. The Morgan fingerprint density at radius 3 is 2.50 bits per heavy atom. The SMILES string of the molecule is CSc1cc(F)ccc1F. The van der Waals surface area contributed by atoms with Gasteiger partial charge < -0.3 is 0 Å². The molecule has 54 valence electrons. The van der Waals surface area contributed by atoms with E-state index in [0.29, 0.717) is 4.90 Å². The average Bonchev–Trinajstić information content (AvgIpc) is 1.94. The Labute approximate surface area is 62.3 Å². The molecule has 3 heteroatoms. The largest absolute Gasteiger partial charge is 0.207 e. The number of rotatable bonds is 1. The molecule has 0 bridgehead atoms. The number of halogens is 2. The van der Waals surface area contributed by atoms with Crippen LogP contribution in [0, 0.1) is 11.6 Å². The lowest BCUT2D eigenvalue weighted by atomic mass is 10.3. The molecule has 0 nitrogen and oxygen atoms in total. The van der Waals surface area contributed by atoms with Gasteiger partial charge in [0.05, 0.1) is 0 Å². The molecule has 1 rings (SSSR count). The second-order valence-corrected chi connectivity index (χ2v) is 2.63. The van der Waals surface area contributed by atoms with Crippen LogP contribution < -0.4 is 0 Å². The molecule has 0 aliphatic carbocycles. The Hall–Kier alpha value is -0.570. The summed E-state index contributed by atoms with van der Waals surface area (Å²) >= 11 is 1.19. The Morgan fingerprint density at radius 2 is 2.00 bits per heavy atom. The summed E-state index contributed by atoms with van der Waals surface area (Å²) in [6.07, 6.45) is 1.71. The van der Waals surface area contributed by atoms with Crippen molar-refractivity contribution in [3.8, 4) is 0 Å². The number of hydrogen-bond donors (Lipinski definition) is 0. The van der Waals surface area contributed by atoms with Crippen LogP contribution in [0.25, 0.3) is 0 Å². The Bertz CT molecular complexity index is 235. The van der Waals surface area contributed by atoms with Gasteiger partial charge in [0, 0.05) is 4.90 Å². The summed E-state index contributed by atoms with van der Waals surface area (Å²) in [5.41, 5.74) is 0. The van der Waals surface area contributed by atoms with Crippen LogP contribution in [0.1, 0.15) is 0 Å². The zero-order valence-corrected chi connectivity index (χ0v) is 6.21. The molecule has 0 aliphatic rings. The van der Waals surface area contributed by atoms with E-state index >= 15 is 0 Å². The molecule has 1 aromatic carbocycles. The van der Waals surface area contributed by atoms with Crippen molar-refractivity contribution < 1.29 is 8.78 Å². The van der Waals surface area contributed by atoms with Crippen LogP contribution in [0.15, 0.2) is 23.1 Å². The molecule has 0 saturated heterocycles. The van der Waals surface area contributed by atoms with Gasteiger partial charge in [-0.2, -0.15) is 0 Å². The van der Waals surface area contributed by atoms with Crippen molar-refractivity contribution in [1.82, 2.24) is 0 Å². The fourth-order valence-corrected chi connectivity index (χ4v) is 1.13. The molecule has 0 atom stereocenters. The van der Waals surface area contributed by atoms with Crippen molar-refractivity contribution in [2.24, 2.45) is 0 Å². The second-order valence-electron chi connectivity index (χ2n) is 1.78. The maximum atomic E-state index is 12.6. The molecule has 0 spiro atoms. The van der Waals surface area contributed by atoms with Gasteiger partial charge in [0.1, 0.15) is 11.6 Å². The summed E-state index contributed by atoms with van der Waals surface area (Å²) in [5, 5.41) is 0. The van der Waals surface area contributed by atoms with Crippen molar-refractivity contribution in [2.45, 2.75) is 4.90 Å². The van der Waals surface area contributed by atoms with Crippen molar-refractivity contribution in [3.63, 3.8) is 0 Å². The van der Waals surface area contributed by atoms with E-state index in [4.69, 9.17) is 0 Å². The summed E-state index contributed by atoms with van der Waals surface area (Å²) < 4.78 is 24.9. The number of thioether (sulfide) groups is 1. The third-order valence-electron chi connectivity index (χ3n) is 1.11. The van der Waals surface area contributed by atoms with E-state index in [2.05, 4.69) is 0 Å². The molecule has 0 aromatic heterocycles. The third-order valence-corrected chi connectivity index (χ3v) is 1.87. The summed E-state index contributed by atoms with van der Waals surface area (Å²) in [6.45, 7) is 0. The summed E-state index contributed by atoms with van der Waals surface area (Å²) in [5.74, 6) is -0.764. The Balaban J connectivity index is 3.09. The molecule has 0 saturated carbocycles. The lowest BCUT2D eigenvalue weighted by molar-refractivity contribution is 0.577. The minimum atomic E-state index is -0.397.